The minimum Gasteiger partial charge on any atom is -0.322 e. The summed E-state index contributed by atoms with van der Waals surface area (Å²) in [4.78, 5) is 31.6. The van der Waals surface area contributed by atoms with Crippen LogP contribution in [0, 0.1) is 0 Å². The summed E-state index contributed by atoms with van der Waals surface area (Å²) < 4.78 is 3.55. The number of nitrogens with zero attached hydrogens (tertiary/aromatic N) is 3. The highest BCUT2D eigenvalue weighted by molar-refractivity contribution is 5.71. The van der Waals surface area contributed by atoms with Gasteiger partial charge in [-0.05, 0) is 46.7 Å². The molecular formula is C15H23N5O2. The van der Waals surface area contributed by atoms with Crippen molar-refractivity contribution in [1.29, 1.82) is 0 Å². The molecule has 2 aromatic rings. The molecule has 3 heterocycles. The second-order valence-electron chi connectivity index (χ2n) is 6.13. The summed E-state index contributed by atoms with van der Waals surface area (Å²) in [7, 11) is 0. The molecule has 0 amide bonds. The third-order valence-electron chi connectivity index (χ3n) is 4.40. The van der Waals surface area contributed by atoms with Gasteiger partial charge >= 0.3 is 5.69 Å². The highest BCUT2D eigenvalue weighted by Gasteiger charge is 2.25. The Morgan fingerprint density at radius 3 is 2.55 bits per heavy atom. The topological polar surface area (TPSA) is 84.7 Å². The summed E-state index contributed by atoms with van der Waals surface area (Å²) in [6, 6.07) is -0.0482. The average molecular weight is 305 g/mol. The maximum Gasteiger partial charge on any atom is 0.330 e. The van der Waals surface area contributed by atoms with Crippen molar-refractivity contribution in [3.05, 3.63) is 26.7 Å². The summed E-state index contributed by atoms with van der Waals surface area (Å²) in [5.41, 5.74) is 0.306. The van der Waals surface area contributed by atoms with E-state index in [0.29, 0.717) is 23.6 Å². The fraction of sp³-hybridized carbons (Fsp3) is 0.667. The minimum atomic E-state index is -0.384. The smallest absolute Gasteiger partial charge is 0.322 e. The minimum absolute atomic E-state index is 0.0482. The van der Waals surface area contributed by atoms with Gasteiger partial charge in [0.15, 0.2) is 11.2 Å². The molecule has 1 fully saturated rings. The molecule has 0 saturated carbocycles. The van der Waals surface area contributed by atoms with Crippen LogP contribution in [0.4, 0.5) is 0 Å². The first-order valence-corrected chi connectivity index (χ1v) is 8.00. The van der Waals surface area contributed by atoms with Crippen molar-refractivity contribution in [3.8, 4) is 0 Å². The zero-order chi connectivity index (χ0) is 15.9. The van der Waals surface area contributed by atoms with E-state index in [-0.39, 0.29) is 17.3 Å². The lowest BCUT2D eigenvalue weighted by atomic mass is 9.97. The lowest BCUT2D eigenvalue weighted by Crippen LogP contribution is -2.32. The molecule has 2 aromatic heterocycles. The van der Waals surface area contributed by atoms with Crippen molar-refractivity contribution >= 4 is 11.2 Å². The van der Waals surface area contributed by atoms with E-state index in [1.807, 2.05) is 25.3 Å². The molecule has 1 aliphatic heterocycles. The molecule has 1 saturated heterocycles. The largest absolute Gasteiger partial charge is 0.330 e. The molecule has 120 valence electrons. The van der Waals surface area contributed by atoms with Crippen molar-refractivity contribution in [2.75, 3.05) is 13.1 Å². The molecule has 3 rings (SSSR count). The Morgan fingerprint density at radius 1 is 1.27 bits per heavy atom. The predicted octanol–water partition coefficient (Wildman–Crippen LogP) is 0.954. The number of hydrogen-bond donors (Lipinski definition) is 2. The number of piperidine rings is 1. The van der Waals surface area contributed by atoms with E-state index in [2.05, 4.69) is 10.3 Å². The third kappa shape index (κ3) is 2.29. The first-order chi connectivity index (χ1) is 10.5. The van der Waals surface area contributed by atoms with E-state index >= 15 is 0 Å². The second kappa shape index (κ2) is 5.72. The molecule has 22 heavy (non-hydrogen) atoms. The number of rotatable bonds is 3. The third-order valence-corrected chi connectivity index (χ3v) is 4.40. The number of aromatic amines is 1. The zero-order valence-corrected chi connectivity index (χ0v) is 13.3. The highest BCUT2D eigenvalue weighted by Crippen LogP contribution is 2.27. The maximum absolute atomic E-state index is 12.3. The number of fused-ring (bicyclic) bond motifs is 1. The molecule has 7 nitrogen and oxygen atoms in total. The van der Waals surface area contributed by atoms with Gasteiger partial charge in [0.25, 0.3) is 5.56 Å². The van der Waals surface area contributed by atoms with Crippen molar-refractivity contribution in [2.45, 2.75) is 52.1 Å². The second-order valence-corrected chi connectivity index (χ2v) is 6.13. The Morgan fingerprint density at radius 2 is 1.95 bits per heavy atom. The van der Waals surface area contributed by atoms with Crippen molar-refractivity contribution in [1.82, 2.24) is 24.4 Å². The van der Waals surface area contributed by atoms with Gasteiger partial charge in [0, 0.05) is 18.5 Å². The van der Waals surface area contributed by atoms with E-state index in [1.54, 1.807) is 4.57 Å². The van der Waals surface area contributed by atoms with Crippen molar-refractivity contribution in [2.24, 2.45) is 0 Å². The molecule has 0 aromatic carbocycles. The van der Waals surface area contributed by atoms with E-state index in [1.165, 1.54) is 0 Å². The number of hydrogen-bond acceptors (Lipinski definition) is 4. The lowest BCUT2D eigenvalue weighted by Gasteiger charge is -2.22. The zero-order valence-electron chi connectivity index (χ0n) is 13.3. The van der Waals surface area contributed by atoms with Gasteiger partial charge in [0.2, 0.25) is 0 Å². The Kier molecular flexibility index (Phi) is 3.90. The molecule has 0 atom stereocenters. The van der Waals surface area contributed by atoms with Crippen LogP contribution in [0.3, 0.4) is 0 Å². The van der Waals surface area contributed by atoms with Crippen molar-refractivity contribution in [3.63, 3.8) is 0 Å². The summed E-state index contributed by atoms with van der Waals surface area (Å²) in [5.74, 6) is 1.27. The molecule has 0 aliphatic carbocycles. The van der Waals surface area contributed by atoms with Gasteiger partial charge in [-0.3, -0.25) is 14.3 Å². The predicted molar refractivity (Wildman–Crippen MR) is 85.5 cm³/mol. The van der Waals surface area contributed by atoms with Crippen LogP contribution < -0.4 is 16.6 Å². The van der Waals surface area contributed by atoms with Gasteiger partial charge in [-0.1, -0.05) is 0 Å². The number of nitrogens with one attached hydrogen (secondary N) is 2. The number of aromatic nitrogens is 4. The van der Waals surface area contributed by atoms with Gasteiger partial charge in [-0.2, -0.15) is 0 Å². The molecule has 1 aliphatic rings. The molecule has 0 radical (unpaired) electrons. The normalized spacial score (nSPS) is 16.7. The van der Waals surface area contributed by atoms with Crippen LogP contribution in [0.25, 0.3) is 11.2 Å². The Hall–Kier alpha value is -1.89. The molecule has 0 spiro atoms. The first-order valence-electron chi connectivity index (χ1n) is 8.00. The Balaban J connectivity index is 2.31. The SMILES string of the molecule is CCn1c(C2CCNCC2)nc2c1c(=O)[nH]c(=O)n2C(C)C. The van der Waals surface area contributed by atoms with Crippen molar-refractivity contribution < 1.29 is 0 Å². The first kappa shape index (κ1) is 15.0. The van der Waals surface area contributed by atoms with Crippen LogP contribution in [0.5, 0.6) is 0 Å². The van der Waals surface area contributed by atoms with E-state index in [0.717, 1.165) is 31.8 Å². The van der Waals surface area contributed by atoms with E-state index in [9.17, 15) is 9.59 Å². The van der Waals surface area contributed by atoms with Gasteiger partial charge in [-0.25, -0.2) is 9.78 Å². The fourth-order valence-corrected chi connectivity index (χ4v) is 3.35. The Bertz CT molecular complexity index is 793. The summed E-state index contributed by atoms with van der Waals surface area (Å²) in [5, 5.41) is 3.35. The van der Waals surface area contributed by atoms with Crippen LogP contribution in [0.2, 0.25) is 0 Å². The van der Waals surface area contributed by atoms with Gasteiger partial charge in [-0.15, -0.1) is 0 Å². The molecular weight excluding hydrogens is 282 g/mol. The fourth-order valence-electron chi connectivity index (χ4n) is 3.35. The van der Waals surface area contributed by atoms with E-state index in [4.69, 9.17) is 4.98 Å². The van der Waals surface area contributed by atoms with Gasteiger partial charge in [0.05, 0.1) is 0 Å². The molecule has 0 bridgehead atoms. The molecule has 7 heteroatoms. The molecule has 2 N–H and O–H groups in total. The standard InChI is InChI=1S/C15H23N5O2/c1-4-19-11-13(17-12(19)10-5-7-16-8-6-10)20(9(2)3)15(22)18-14(11)21/h9-10,16H,4-8H2,1-3H3,(H,18,21,22). The van der Waals surface area contributed by atoms with Crippen LogP contribution >= 0.6 is 0 Å². The number of H-pyrrole nitrogens is 1. The van der Waals surface area contributed by atoms with Gasteiger partial charge < -0.3 is 9.88 Å². The number of aryl methyl sites for hydroxylation is 1. The lowest BCUT2D eigenvalue weighted by molar-refractivity contribution is 0.434. The monoisotopic (exact) mass is 305 g/mol. The van der Waals surface area contributed by atoms with Crippen LogP contribution in [-0.2, 0) is 6.54 Å². The van der Waals surface area contributed by atoms with Crippen LogP contribution in [0.1, 0.15) is 51.4 Å². The maximum atomic E-state index is 12.3. The average Bonchev–Trinajstić information content (AvgIpc) is 2.87. The summed E-state index contributed by atoms with van der Waals surface area (Å²) in [6.07, 6.45) is 2.01. The van der Waals surface area contributed by atoms with E-state index < -0.39 is 0 Å². The van der Waals surface area contributed by atoms with Crippen LogP contribution in [-0.4, -0.2) is 32.2 Å². The number of imidazole rings is 1. The quantitative estimate of drug-likeness (QED) is 0.884. The Labute approximate surface area is 128 Å². The highest BCUT2D eigenvalue weighted by atomic mass is 16.2. The van der Waals surface area contributed by atoms with Crippen LogP contribution in [0.15, 0.2) is 9.59 Å². The summed E-state index contributed by atoms with van der Waals surface area (Å²) in [6.45, 7) is 8.46. The molecule has 0 unspecified atom stereocenters. The summed E-state index contributed by atoms with van der Waals surface area (Å²) >= 11 is 0. The van der Waals surface area contributed by atoms with Gasteiger partial charge in [0.1, 0.15) is 5.82 Å².